The summed E-state index contributed by atoms with van der Waals surface area (Å²) in [5.74, 6) is 0.507. The molecule has 202 valence electrons. The van der Waals surface area contributed by atoms with E-state index in [0.29, 0.717) is 28.5 Å². The number of sulfonamides is 1. The van der Waals surface area contributed by atoms with Crippen LogP contribution in [0.15, 0.2) is 70.8 Å². The molecule has 14 heteroatoms. The lowest BCUT2D eigenvalue weighted by Crippen LogP contribution is -2.37. The highest BCUT2D eigenvalue weighted by Crippen LogP contribution is 2.26. The largest absolute Gasteiger partial charge is 0.404 e. The van der Waals surface area contributed by atoms with Crippen molar-refractivity contribution in [2.75, 3.05) is 49.4 Å². The van der Waals surface area contributed by atoms with Gasteiger partial charge < -0.3 is 15.8 Å². The summed E-state index contributed by atoms with van der Waals surface area (Å²) < 4.78 is 32.9. The number of benzene rings is 1. The number of nitrogens with one attached hydrogen (secondary N) is 2. The topological polar surface area (TPSA) is 161 Å². The van der Waals surface area contributed by atoms with Crippen molar-refractivity contribution in [3.05, 3.63) is 66.5 Å². The van der Waals surface area contributed by atoms with Gasteiger partial charge in [-0.2, -0.15) is 0 Å². The number of nitrogens with zero attached hydrogens (tertiary/aromatic N) is 6. The van der Waals surface area contributed by atoms with Gasteiger partial charge in [0.2, 0.25) is 10.3 Å². The first-order chi connectivity index (χ1) is 19.0. The predicted molar refractivity (Wildman–Crippen MR) is 153 cm³/mol. The normalized spacial score (nSPS) is 15.1. The first kappa shape index (κ1) is 26.6. The van der Waals surface area contributed by atoms with Crippen LogP contribution in [0, 0.1) is 0 Å². The number of pyridine rings is 2. The lowest BCUT2D eigenvalue weighted by molar-refractivity contribution is 0.0395. The van der Waals surface area contributed by atoms with Gasteiger partial charge in [0.25, 0.3) is 10.0 Å². The highest BCUT2D eigenvalue weighted by molar-refractivity contribution is 7.93. The van der Waals surface area contributed by atoms with Crippen LogP contribution in [0.3, 0.4) is 0 Å². The van der Waals surface area contributed by atoms with Gasteiger partial charge in [0, 0.05) is 49.4 Å². The summed E-state index contributed by atoms with van der Waals surface area (Å²) >= 11 is 1.06. The van der Waals surface area contributed by atoms with Crippen LogP contribution >= 0.6 is 11.3 Å². The van der Waals surface area contributed by atoms with Crippen LogP contribution in [0.2, 0.25) is 0 Å². The number of fused-ring (bicyclic) bond motifs is 1. The van der Waals surface area contributed by atoms with Crippen molar-refractivity contribution < 1.29 is 13.2 Å². The summed E-state index contributed by atoms with van der Waals surface area (Å²) in [4.78, 5) is 16.1. The maximum atomic E-state index is 12.5. The van der Waals surface area contributed by atoms with E-state index in [0.717, 1.165) is 55.3 Å². The van der Waals surface area contributed by atoms with Crippen molar-refractivity contribution in [2.45, 2.75) is 4.90 Å². The third kappa shape index (κ3) is 6.92. The van der Waals surface area contributed by atoms with E-state index >= 15 is 0 Å². The van der Waals surface area contributed by atoms with Crippen LogP contribution in [0.25, 0.3) is 16.6 Å². The summed E-state index contributed by atoms with van der Waals surface area (Å²) in [5, 5.41) is 11.5. The van der Waals surface area contributed by atoms with Crippen molar-refractivity contribution in [2.24, 2.45) is 10.7 Å². The molecule has 1 aliphatic heterocycles. The Morgan fingerprint density at radius 3 is 2.69 bits per heavy atom. The molecule has 0 unspecified atom stereocenters. The van der Waals surface area contributed by atoms with Crippen molar-refractivity contribution >= 4 is 60.3 Å². The first-order valence-electron chi connectivity index (χ1n) is 12.2. The van der Waals surface area contributed by atoms with Gasteiger partial charge in [0.05, 0.1) is 35.7 Å². The molecular weight excluding hydrogens is 538 g/mol. The molecule has 0 saturated carbocycles. The van der Waals surface area contributed by atoms with Crippen molar-refractivity contribution in [3.63, 3.8) is 0 Å². The fraction of sp³-hybridized carbons (Fsp3) is 0.240. The number of anilines is 3. The lowest BCUT2D eigenvalue weighted by Gasteiger charge is -2.25. The molecule has 0 spiro atoms. The Hall–Kier alpha value is -3.98. The molecule has 1 fully saturated rings. The van der Waals surface area contributed by atoms with Crippen LogP contribution in [0.4, 0.5) is 16.1 Å². The summed E-state index contributed by atoms with van der Waals surface area (Å²) in [6.07, 6.45) is 4.99. The van der Waals surface area contributed by atoms with Crippen molar-refractivity contribution in [1.82, 2.24) is 25.1 Å². The third-order valence-electron chi connectivity index (χ3n) is 5.86. The molecule has 4 N–H and O–H groups in total. The van der Waals surface area contributed by atoms with E-state index in [4.69, 9.17) is 10.5 Å². The van der Waals surface area contributed by atoms with Gasteiger partial charge in [-0.25, -0.2) is 13.4 Å². The molecule has 12 nitrogen and oxygen atoms in total. The summed E-state index contributed by atoms with van der Waals surface area (Å²) in [5.41, 5.74) is 8.77. The molecule has 3 aromatic heterocycles. The number of aromatic nitrogens is 4. The lowest BCUT2D eigenvalue weighted by atomic mass is 10.1. The molecule has 0 bridgehead atoms. The molecule has 0 radical (unpaired) electrons. The second-order valence-electron chi connectivity index (χ2n) is 8.53. The second kappa shape index (κ2) is 12.3. The Kier molecular flexibility index (Phi) is 8.36. The summed E-state index contributed by atoms with van der Waals surface area (Å²) in [6.45, 7) is 4.90. The van der Waals surface area contributed by atoms with Crippen LogP contribution in [0.1, 0.15) is 5.56 Å². The smallest absolute Gasteiger partial charge is 0.263 e. The van der Waals surface area contributed by atoms with E-state index in [1.165, 1.54) is 18.3 Å². The minimum atomic E-state index is -3.76. The monoisotopic (exact) mass is 565 g/mol. The number of ether oxygens (including phenoxy) is 1. The Labute approximate surface area is 229 Å². The van der Waals surface area contributed by atoms with Crippen LogP contribution in [0.5, 0.6) is 0 Å². The highest BCUT2D eigenvalue weighted by atomic mass is 32.2. The fourth-order valence-corrected chi connectivity index (χ4v) is 5.73. The van der Waals surface area contributed by atoms with Gasteiger partial charge in [-0.1, -0.05) is 29.5 Å². The Morgan fingerprint density at radius 1 is 1.10 bits per heavy atom. The van der Waals surface area contributed by atoms with Gasteiger partial charge in [0.1, 0.15) is 5.82 Å². The maximum Gasteiger partial charge on any atom is 0.263 e. The third-order valence-corrected chi connectivity index (χ3v) is 8.10. The fourth-order valence-electron chi connectivity index (χ4n) is 3.83. The highest BCUT2D eigenvalue weighted by Gasteiger charge is 2.17. The minimum absolute atomic E-state index is 0.136. The molecule has 4 heterocycles. The number of hydrogen-bond donors (Lipinski definition) is 3. The van der Waals surface area contributed by atoms with Gasteiger partial charge in [-0.15, -0.1) is 10.2 Å². The number of allylic oxidation sites excluding steroid dienone is 1. The number of rotatable bonds is 10. The molecule has 0 aliphatic carbocycles. The Morgan fingerprint density at radius 2 is 1.90 bits per heavy atom. The van der Waals surface area contributed by atoms with Gasteiger partial charge in [-0.05, 0) is 30.3 Å². The molecule has 5 rings (SSSR count). The molecule has 1 saturated heterocycles. The molecule has 1 aliphatic rings. The van der Waals surface area contributed by atoms with E-state index < -0.39 is 10.0 Å². The quantitative estimate of drug-likeness (QED) is 0.244. The summed E-state index contributed by atoms with van der Waals surface area (Å²) in [7, 11) is -3.76. The average molecular weight is 566 g/mol. The number of hydrogen-bond acceptors (Lipinski definition) is 12. The van der Waals surface area contributed by atoms with E-state index in [1.807, 2.05) is 12.1 Å². The van der Waals surface area contributed by atoms with E-state index in [1.54, 1.807) is 36.7 Å². The van der Waals surface area contributed by atoms with Crippen molar-refractivity contribution in [3.8, 4) is 0 Å². The molecule has 1 aromatic carbocycles. The second-order valence-corrected chi connectivity index (χ2v) is 11.2. The predicted octanol–water partition coefficient (Wildman–Crippen LogP) is 2.73. The van der Waals surface area contributed by atoms with Crippen LogP contribution in [-0.4, -0.2) is 79.1 Å². The zero-order valence-corrected chi connectivity index (χ0v) is 22.5. The van der Waals surface area contributed by atoms with Crippen LogP contribution < -0.4 is 15.8 Å². The zero-order chi connectivity index (χ0) is 27.1. The maximum absolute atomic E-state index is 12.5. The Bertz CT molecular complexity index is 1580. The first-order valence-corrected chi connectivity index (χ1v) is 14.5. The molecule has 39 heavy (non-hydrogen) atoms. The molecule has 0 amide bonds. The van der Waals surface area contributed by atoms with E-state index in [2.05, 4.69) is 40.1 Å². The molecular formula is C25H27N9O3S2. The number of nitrogens with two attached hydrogens (primary N) is 1. The van der Waals surface area contributed by atoms with Gasteiger partial charge in [0.15, 0.2) is 0 Å². The van der Waals surface area contributed by atoms with E-state index in [-0.39, 0.29) is 10.0 Å². The van der Waals surface area contributed by atoms with Gasteiger partial charge >= 0.3 is 0 Å². The SMILES string of the molecule is NC=C(C=NCCN1CCOCC1)c1cnc2ccc(Nc3nnc(NS(=O)(=O)c4ccccc4)s3)nc2c1. The standard InChI is InChI=1S/C25H27N9O3S2/c26-15-19(16-27-8-9-34-10-12-37-13-11-34)18-14-22-21(28-17-18)6-7-23(29-22)30-24-31-32-25(38-24)33-39(35,36)20-4-2-1-3-5-20/h1-7,14-17H,8-13,26H2,(H,32,33)(H,29,30,31). The summed E-state index contributed by atoms with van der Waals surface area (Å²) in [6, 6.07) is 13.5. The minimum Gasteiger partial charge on any atom is -0.404 e. The number of aliphatic imine (C=N–C) groups is 1. The molecule has 4 aromatic rings. The molecule has 0 atom stereocenters. The van der Waals surface area contributed by atoms with E-state index in [9.17, 15) is 8.42 Å². The van der Waals surface area contributed by atoms with Crippen LogP contribution in [-0.2, 0) is 14.8 Å². The Balaban J connectivity index is 1.25. The average Bonchev–Trinajstić information content (AvgIpc) is 3.39. The number of morpholine rings is 1. The van der Waals surface area contributed by atoms with Gasteiger partial charge in [-0.3, -0.25) is 19.6 Å². The van der Waals surface area contributed by atoms with Crippen molar-refractivity contribution in [1.29, 1.82) is 0 Å². The zero-order valence-electron chi connectivity index (χ0n) is 20.9.